The Morgan fingerprint density at radius 2 is 1.66 bits per heavy atom. The van der Waals surface area contributed by atoms with E-state index in [0.29, 0.717) is 30.3 Å². The van der Waals surface area contributed by atoms with Crippen LogP contribution < -0.4 is 4.74 Å². The van der Waals surface area contributed by atoms with Crippen molar-refractivity contribution in [3.8, 4) is 11.6 Å². The number of carbonyl (C=O) groups excluding carboxylic acids is 1. The standard InChI is InChI=1S/C23H22FN3O2/c24-19-10-8-18(9-11-19)17-26-13-15-27(16-14-26)23(28)21-7-4-12-25-22(21)29-20-5-2-1-3-6-20/h1-12H,13-17H2. The largest absolute Gasteiger partial charge is 0.438 e. The molecule has 0 saturated carbocycles. The fourth-order valence-electron chi connectivity index (χ4n) is 3.36. The second kappa shape index (κ2) is 8.84. The van der Waals surface area contributed by atoms with Gasteiger partial charge in [-0.3, -0.25) is 9.69 Å². The highest BCUT2D eigenvalue weighted by molar-refractivity contribution is 5.96. The third kappa shape index (κ3) is 4.78. The molecule has 0 aliphatic carbocycles. The number of piperazine rings is 1. The Bertz CT molecular complexity index is 955. The lowest BCUT2D eigenvalue weighted by molar-refractivity contribution is 0.0625. The molecule has 148 valence electrons. The number of aromatic nitrogens is 1. The minimum absolute atomic E-state index is 0.0783. The predicted octanol–water partition coefficient (Wildman–Crippen LogP) is 3.97. The van der Waals surface area contributed by atoms with E-state index in [1.165, 1.54) is 12.1 Å². The molecule has 1 saturated heterocycles. The molecule has 0 unspecified atom stereocenters. The van der Waals surface area contributed by atoms with Crippen molar-refractivity contribution in [3.05, 3.63) is 89.9 Å². The lowest BCUT2D eigenvalue weighted by Crippen LogP contribution is -2.48. The van der Waals surface area contributed by atoms with Crippen LogP contribution in [-0.4, -0.2) is 46.9 Å². The molecule has 1 aromatic heterocycles. The SMILES string of the molecule is O=C(c1cccnc1Oc1ccccc1)N1CCN(Cc2ccc(F)cc2)CC1. The van der Waals surface area contributed by atoms with Gasteiger partial charge in [0.15, 0.2) is 0 Å². The topological polar surface area (TPSA) is 45.7 Å². The number of halogens is 1. The van der Waals surface area contributed by atoms with E-state index in [1.54, 1.807) is 30.5 Å². The zero-order chi connectivity index (χ0) is 20.1. The first-order valence-electron chi connectivity index (χ1n) is 9.63. The van der Waals surface area contributed by atoms with Crippen LogP contribution in [0, 0.1) is 5.82 Å². The molecule has 1 aliphatic rings. The van der Waals surface area contributed by atoms with Crippen LogP contribution in [0.15, 0.2) is 72.9 Å². The highest BCUT2D eigenvalue weighted by atomic mass is 19.1. The van der Waals surface area contributed by atoms with Crippen molar-refractivity contribution in [1.82, 2.24) is 14.8 Å². The van der Waals surface area contributed by atoms with Crippen molar-refractivity contribution in [1.29, 1.82) is 0 Å². The predicted molar refractivity (Wildman–Crippen MR) is 108 cm³/mol. The Morgan fingerprint density at radius 3 is 2.38 bits per heavy atom. The van der Waals surface area contributed by atoms with E-state index in [1.807, 2.05) is 35.2 Å². The van der Waals surface area contributed by atoms with Gasteiger partial charge in [0, 0.05) is 38.9 Å². The van der Waals surface area contributed by atoms with Gasteiger partial charge in [0.1, 0.15) is 17.1 Å². The van der Waals surface area contributed by atoms with E-state index >= 15 is 0 Å². The van der Waals surface area contributed by atoms with Crippen LogP contribution >= 0.6 is 0 Å². The Balaban J connectivity index is 1.39. The van der Waals surface area contributed by atoms with Crippen LogP contribution in [0.1, 0.15) is 15.9 Å². The van der Waals surface area contributed by atoms with Gasteiger partial charge < -0.3 is 9.64 Å². The smallest absolute Gasteiger partial charge is 0.259 e. The lowest BCUT2D eigenvalue weighted by atomic mass is 10.1. The van der Waals surface area contributed by atoms with E-state index in [9.17, 15) is 9.18 Å². The maximum atomic E-state index is 13.1. The van der Waals surface area contributed by atoms with Gasteiger partial charge in [-0.15, -0.1) is 0 Å². The number of hydrogen-bond donors (Lipinski definition) is 0. The fourth-order valence-corrected chi connectivity index (χ4v) is 3.36. The van der Waals surface area contributed by atoms with Crippen molar-refractivity contribution in [3.63, 3.8) is 0 Å². The maximum absolute atomic E-state index is 13.1. The van der Waals surface area contributed by atoms with E-state index in [4.69, 9.17) is 4.74 Å². The highest BCUT2D eigenvalue weighted by Crippen LogP contribution is 2.24. The number of ether oxygens (including phenoxy) is 1. The van der Waals surface area contributed by atoms with Gasteiger partial charge in [-0.25, -0.2) is 9.37 Å². The van der Waals surface area contributed by atoms with Crippen LogP contribution in [0.3, 0.4) is 0 Å². The summed E-state index contributed by atoms with van der Waals surface area (Å²) in [6.45, 7) is 3.52. The molecule has 1 fully saturated rings. The molecule has 1 amide bonds. The third-order valence-electron chi connectivity index (χ3n) is 4.94. The first-order chi connectivity index (χ1) is 14.2. The summed E-state index contributed by atoms with van der Waals surface area (Å²) in [4.78, 5) is 21.4. The number of nitrogens with zero attached hydrogens (tertiary/aromatic N) is 3. The van der Waals surface area contributed by atoms with Crippen LogP contribution in [-0.2, 0) is 6.54 Å². The molecule has 6 heteroatoms. The van der Waals surface area contributed by atoms with Crippen molar-refractivity contribution in [2.45, 2.75) is 6.54 Å². The van der Waals surface area contributed by atoms with Crippen molar-refractivity contribution < 1.29 is 13.9 Å². The van der Waals surface area contributed by atoms with Gasteiger partial charge in [0.2, 0.25) is 5.88 Å². The molecule has 29 heavy (non-hydrogen) atoms. The molecule has 5 nitrogen and oxygen atoms in total. The second-order valence-corrected chi connectivity index (χ2v) is 6.97. The summed E-state index contributed by atoms with van der Waals surface area (Å²) in [6, 6.07) is 19.4. The number of carbonyl (C=O) groups is 1. The summed E-state index contributed by atoms with van der Waals surface area (Å²) < 4.78 is 18.9. The van der Waals surface area contributed by atoms with E-state index in [-0.39, 0.29) is 11.7 Å². The maximum Gasteiger partial charge on any atom is 0.259 e. The number of para-hydroxylation sites is 1. The fraction of sp³-hybridized carbons (Fsp3) is 0.217. The Morgan fingerprint density at radius 1 is 0.931 bits per heavy atom. The summed E-state index contributed by atoms with van der Waals surface area (Å²) in [5.74, 6) is 0.654. The molecule has 1 aliphatic heterocycles. The summed E-state index contributed by atoms with van der Waals surface area (Å²) >= 11 is 0. The molecule has 2 aromatic carbocycles. The van der Waals surface area contributed by atoms with Crippen molar-refractivity contribution >= 4 is 5.91 Å². The van der Waals surface area contributed by atoms with Gasteiger partial charge in [-0.2, -0.15) is 0 Å². The average Bonchev–Trinajstić information content (AvgIpc) is 2.77. The Kier molecular flexibility index (Phi) is 5.81. The first kappa shape index (κ1) is 19.1. The zero-order valence-electron chi connectivity index (χ0n) is 16.0. The zero-order valence-corrected chi connectivity index (χ0v) is 16.0. The number of benzene rings is 2. The lowest BCUT2D eigenvalue weighted by Gasteiger charge is -2.34. The minimum Gasteiger partial charge on any atom is -0.438 e. The second-order valence-electron chi connectivity index (χ2n) is 6.97. The molecule has 0 atom stereocenters. The van der Waals surface area contributed by atoms with Gasteiger partial charge in [0.25, 0.3) is 5.91 Å². The highest BCUT2D eigenvalue weighted by Gasteiger charge is 2.25. The summed E-state index contributed by atoms with van der Waals surface area (Å²) in [5, 5.41) is 0. The normalized spacial score (nSPS) is 14.6. The molecule has 3 aromatic rings. The number of amides is 1. The number of rotatable bonds is 5. The summed E-state index contributed by atoms with van der Waals surface area (Å²) in [5.41, 5.74) is 1.53. The quantitative estimate of drug-likeness (QED) is 0.660. The molecular formula is C23H22FN3O2. The molecular weight excluding hydrogens is 369 g/mol. The molecule has 0 spiro atoms. The monoisotopic (exact) mass is 391 g/mol. The van der Waals surface area contributed by atoms with Crippen LogP contribution in [0.25, 0.3) is 0 Å². The van der Waals surface area contributed by atoms with Gasteiger partial charge in [-0.05, 0) is 42.0 Å². The first-order valence-corrected chi connectivity index (χ1v) is 9.63. The molecule has 0 radical (unpaired) electrons. The summed E-state index contributed by atoms with van der Waals surface area (Å²) in [7, 11) is 0. The van der Waals surface area contributed by atoms with E-state index < -0.39 is 0 Å². The van der Waals surface area contributed by atoms with Crippen molar-refractivity contribution in [2.75, 3.05) is 26.2 Å². The van der Waals surface area contributed by atoms with Gasteiger partial charge in [-0.1, -0.05) is 30.3 Å². The van der Waals surface area contributed by atoms with E-state index in [0.717, 1.165) is 25.2 Å². The third-order valence-corrected chi connectivity index (χ3v) is 4.94. The average molecular weight is 391 g/mol. The Labute approximate surface area is 169 Å². The molecule has 0 bridgehead atoms. The van der Waals surface area contributed by atoms with Gasteiger partial charge >= 0.3 is 0 Å². The molecule has 0 N–H and O–H groups in total. The Hall–Kier alpha value is -3.25. The molecule has 4 rings (SSSR count). The minimum atomic E-state index is -0.228. The van der Waals surface area contributed by atoms with Crippen LogP contribution in [0.5, 0.6) is 11.6 Å². The molecule has 2 heterocycles. The van der Waals surface area contributed by atoms with Crippen LogP contribution in [0.4, 0.5) is 4.39 Å². The van der Waals surface area contributed by atoms with Crippen LogP contribution in [0.2, 0.25) is 0 Å². The van der Waals surface area contributed by atoms with Gasteiger partial charge in [0.05, 0.1) is 0 Å². The number of hydrogen-bond acceptors (Lipinski definition) is 4. The van der Waals surface area contributed by atoms with E-state index in [2.05, 4.69) is 9.88 Å². The summed E-state index contributed by atoms with van der Waals surface area (Å²) in [6.07, 6.45) is 1.62. The van der Waals surface area contributed by atoms with Crippen molar-refractivity contribution in [2.24, 2.45) is 0 Å². The number of pyridine rings is 1.